The van der Waals surface area contributed by atoms with Crippen molar-refractivity contribution in [3.05, 3.63) is 47.4 Å². The zero-order valence-electron chi connectivity index (χ0n) is 13.0. The van der Waals surface area contributed by atoms with Gasteiger partial charge in [-0.3, -0.25) is 9.59 Å². The summed E-state index contributed by atoms with van der Waals surface area (Å²) in [5, 5.41) is 8.99. The summed E-state index contributed by atoms with van der Waals surface area (Å²) < 4.78 is 17.8. The van der Waals surface area contributed by atoms with Crippen molar-refractivity contribution in [2.24, 2.45) is 0 Å². The molecule has 0 aliphatic carbocycles. The minimum atomic E-state index is -0.410. The summed E-state index contributed by atoms with van der Waals surface area (Å²) in [5.41, 5.74) is 0.337. The van der Waals surface area contributed by atoms with E-state index in [1.807, 2.05) is 6.26 Å². The Bertz CT molecular complexity index is 690. The van der Waals surface area contributed by atoms with Gasteiger partial charge in [-0.25, -0.2) is 4.39 Å². The number of carbonyl (C=O) groups is 2. The lowest BCUT2D eigenvalue weighted by molar-refractivity contribution is -0.121. The molecule has 0 unspecified atom stereocenters. The predicted octanol–water partition coefficient (Wildman–Crippen LogP) is 1.51. The van der Waals surface area contributed by atoms with Crippen molar-refractivity contribution in [1.29, 1.82) is 0 Å². The maximum Gasteiger partial charge on any atom is 0.251 e. The van der Waals surface area contributed by atoms with Crippen molar-refractivity contribution in [2.45, 2.75) is 18.7 Å². The molecule has 0 saturated carbocycles. The van der Waals surface area contributed by atoms with Gasteiger partial charge < -0.3 is 15.2 Å². The highest BCUT2D eigenvalue weighted by Crippen LogP contribution is 2.05. The van der Waals surface area contributed by atoms with E-state index in [0.29, 0.717) is 23.0 Å². The average molecular weight is 352 g/mol. The number of aromatic nitrogens is 2. The first kappa shape index (κ1) is 17.9. The Morgan fingerprint density at radius 2 is 2.00 bits per heavy atom. The van der Waals surface area contributed by atoms with Gasteiger partial charge in [-0.15, -0.1) is 0 Å². The van der Waals surface area contributed by atoms with E-state index in [4.69, 9.17) is 4.52 Å². The lowest BCUT2D eigenvalue weighted by Gasteiger charge is -2.05. The van der Waals surface area contributed by atoms with E-state index in [0.717, 1.165) is 0 Å². The van der Waals surface area contributed by atoms with E-state index in [2.05, 4.69) is 20.8 Å². The number of nitrogens with one attached hydrogen (secondary N) is 2. The number of amides is 2. The summed E-state index contributed by atoms with van der Waals surface area (Å²) in [5.74, 6) is 0.543. The van der Waals surface area contributed by atoms with Crippen LogP contribution in [0.25, 0.3) is 0 Å². The molecule has 1 heterocycles. The van der Waals surface area contributed by atoms with Gasteiger partial charge in [0.25, 0.3) is 5.91 Å². The molecule has 1 aromatic heterocycles. The maximum atomic E-state index is 12.8. The number of rotatable bonds is 8. The minimum absolute atomic E-state index is 0.110. The van der Waals surface area contributed by atoms with E-state index in [9.17, 15) is 14.0 Å². The van der Waals surface area contributed by atoms with Crippen LogP contribution in [0.1, 0.15) is 28.5 Å². The van der Waals surface area contributed by atoms with E-state index >= 15 is 0 Å². The Labute approximate surface area is 142 Å². The third-order valence-corrected chi connectivity index (χ3v) is 3.51. The molecule has 0 radical (unpaired) electrons. The summed E-state index contributed by atoms with van der Waals surface area (Å²) in [7, 11) is 0. The van der Waals surface area contributed by atoms with E-state index in [1.54, 1.807) is 11.8 Å². The van der Waals surface area contributed by atoms with Gasteiger partial charge >= 0.3 is 0 Å². The van der Waals surface area contributed by atoms with Crippen LogP contribution in [0.5, 0.6) is 0 Å². The largest absolute Gasteiger partial charge is 0.352 e. The quantitative estimate of drug-likeness (QED) is 0.747. The Morgan fingerprint density at radius 3 is 2.71 bits per heavy atom. The molecule has 0 spiro atoms. The van der Waals surface area contributed by atoms with Gasteiger partial charge in [-0.05, 0) is 30.5 Å². The van der Waals surface area contributed by atoms with Crippen molar-refractivity contribution in [2.75, 3.05) is 12.8 Å². The van der Waals surface area contributed by atoms with Gasteiger partial charge in [0, 0.05) is 18.5 Å². The molecule has 0 bridgehead atoms. The molecule has 0 aliphatic rings. The number of nitrogens with zero attached hydrogens (tertiary/aromatic N) is 2. The minimum Gasteiger partial charge on any atom is -0.352 e. The number of carbonyl (C=O) groups excluding carboxylic acids is 2. The predicted molar refractivity (Wildman–Crippen MR) is 86.7 cm³/mol. The fourth-order valence-corrected chi connectivity index (χ4v) is 2.18. The summed E-state index contributed by atoms with van der Waals surface area (Å²) in [4.78, 5) is 27.6. The maximum absolute atomic E-state index is 12.8. The molecular formula is C15H17FN4O3S. The SMILES string of the molecule is CSCc1noc(CNC(=O)CCNC(=O)c2ccc(F)cc2)n1. The molecule has 128 valence electrons. The fourth-order valence-electron chi connectivity index (χ4n) is 1.81. The van der Waals surface area contributed by atoms with E-state index in [1.165, 1.54) is 24.3 Å². The lowest BCUT2D eigenvalue weighted by atomic mass is 10.2. The number of hydrogen-bond acceptors (Lipinski definition) is 6. The molecule has 0 atom stereocenters. The second kappa shape index (κ2) is 9.02. The summed E-state index contributed by atoms with van der Waals surface area (Å²) in [6, 6.07) is 5.17. The number of halogens is 1. The number of thioether (sulfide) groups is 1. The Morgan fingerprint density at radius 1 is 1.25 bits per heavy atom. The van der Waals surface area contributed by atoms with Gasteiger partial charge in [0.1, 0.15) is 5.82 Å². The monoisotopic (exact) mass is 352 g/mol. The molecule has 1 aromatic carbocycles. The zero-order chi connectivity index (χ0) is 17.4. The number of benzene rings is 1. The first-order valence-corrected chi connectivity index (χ1v) is 8.58. The fraction of sp³-hybridized carbons (Fsp3) is 0.333. The van der Waals surface area contributed by atoms with Crippen molar-refractivity contribution >= 4 is 23.6 Å². The highest BCUT2D eigenvalue weighted by Gasteiger charge is 2.09. The topological polar surface area (TPSA) is 97.1 Å². The normalized spacial score (nSPS) is 10.4. The van der Waals surface area contributed by atoms with Gasteiger partial charge in [0.05, 0.1) is 12.3 Å². The standard InChI is InChI=1S/C15H17FN4O3S/c1-24-9-12-19-14(23-20-12)8-18-13(21)6-7-17-15(22)10-2-4-11(16)5-3-10/h2-5H,6-9H2,1H3,(H,17,22)(H,18,21). The summed E-state index contributed by atoms with van der Waals surface area (Å²) in [6.45, 7) is 0.315. The van der Waals surface area contributed by atoms with Crippen LogP contribution in [0.4, 0.5) is 4.39 Å². The first-order valence-electron chi connectivity index (χ1n) is 7.19. The summed E-state index contributed by atoms with van der Waals surface area (Å²) >= 11 is 1.57. The Balaban J connectivity index is 1.67. The van der Waals surface area contributed by atoms with Crippen LogP contribution in [0.2, 0.25) is 0 Å². The van der Waals surface area contributed by atoms with Crippen LogP contribution in [-0.4, -0.2) is 34.8 Å². The molecule has 0 aliphatic heterocycles. The van der Waals surface area contributed by atoms with E-state index in [-0.39, 0.29) is 31.3 Å². The van der Waals surface area contributed by atoms with Gasteiger partial charge in [0.15, 0.2) is 5.82 Å². The molecule has 2 rings (SSSR count). The second-order valence-electron chi connectivity index (χ2n) is 4.83. The molecule has 9 heteroatoms. The molecule has 7 nitrogen and oxygen atoms in total. The zero-order valence-corrected chi connectivity index (χ0v) is 13.9. The molecule has 24 heavy (non-hydrogen) atoms. The average Bonchev–Trinajstić information content (AvgIpc) is 3.01. The van der Waals surface area contributed by atoms with Crippen molar-refractivity contribution < 1.29 is 18.5 Å². The molecule has 2 N–H and O–H groups in total. The van der Waals surface area contributed by atoms with Crippen LogP contribution >= 0.6 is 11.8 Å². The van der Waals surface area contributed by atoms with Crippen LogP contribution < -0.4 is 10.6 Å². The second-order valence-corrected chi connectivity index (χ2v) is 5.69. The van der Waals surface area contributed by atoms with Crippen molar-refractivity contribution in [3.8, 4) is 0 Å². The van der Waals surface area contributed by atoms with Gasteiger partial charge in [-0.1, -0.05) is 5.16 Å². The third kappa shape index (κ3) is 5.65. The van der Waals surface area contributed by atoms with Crippen molar-refractivity contribution in [3.63, 3.8) is 0 Å². The smallest absolute Gasteiger partial charge is 0.251 e. The van der Waals surface area contributed by atoms with Crippen LogP contribution in [0.3, 0.4) is 0 Å². The lowest BCUT2D eigenvalue weighted by Crippen LogP contribution is -2.30. The molecule has 0 saturated heterocycles. The molecule has 0 fully saturated rings. The molecule has 2 aromatic rings. The van der Waals surface area contributed by atoms with Crippen LogP contribution in [-0.2, 0) is 17.1 Å². The van der Waals surface area contributed by atoms with Gasteiger partial charge in [-0.2, -0.15) is 16.7 Å². The molecule has 2 amide bonds. The van der Waals surface area contributed by atoms with Crippen LogP contribution in [0, 0.1) is 5.82 Å². The van der Waals surface area contributed by atoms with Crippen LogP contribution in [0.15, 0.2) is 28.8 Å². The van der Waals surface area contributed by atoms with Crippen molar-refractivity contribution in [1.82, 2.24) is 20.8 Å². The third-order valence-electron chi connectivity index (χ3n) is 2.96. The highest BCUT2D eigenvalue weighted by molar-refractivity contribution is 7.97. The highest BCUT2D eigenvalue weighted by atomic mass is 32.2. The first-order chi connectivity index (χ1) is 11.6. The molecular weight excluding hydrogens is 335 g/mol. The van der Waals surface area contributed by atoms with Gasteiger partial charge in [0.2, 0.25) is 11.8 Å². The Hall–Kier alpha value is -2.42. The number of hydrogen-bond donors (Lipinski definition) is 2. The van der Waals surface area contributed by atoms with E-state index < -0.39 is 5.82 Å². The Kier molecular flexibility index (Phi) is 6.74. The summed E-state index contributed by atoms with van der Waals surface area (Å²) in [6.07, 6.45) is 2.04.